The quantitative estimate of drug-likeness (QED) is 0.670. The summed E-state index contributed by atoms with van der Waals surface area (Å²) in [5, 5.41) is 14.1. The molecule has 7 nitrogen and oxygen atoms in total. The largest absolute Gasteiger partial charge is 0.496 e. The summed E-state index contributed by atoms with van der Waals surface area (Å²) < 4.78 is 6.88. The third-order valence-electron chi connectivity index (χ3n) is 3.05. The van der Waals surface area contributed by atoms with Crippen LogP contribution in [0.2, 0.25) is 0 Å². The van der Waals surface area contributed by atoms with Crippen molar-refractivity contribution in [3.8, 4) is 5.75 Å². The molecule has 0 aliphatic carbocycles. The highest BCUT2D eigenvalue weighted by atomic mass is 16.6. The average molecular weight is 276 g/mol. The molecule has 0 radical (unpaired) electrons. The van der Waals surface area contributed by atoms with Crippen LogP contribution in [0, 0.1) is 10.1 Å². The molecule has 1 aromatic carbocycles. The zero-order valence-electron chi connectivity index (χ0n) is 11.5. The number of methoxy groups -OCH3 is 1. The Morgan fingerprint density at radius 1 is 1.45 bits per heavy atom. The van der Waals surface area contributed by atoms with Gasteiger partial charge in [0.15, 0.2) is 0 Å². The number of nitro groups is 1. The maximum Gasteiger partial charge on any atom is 0.406 e. The number of nitrogens with one attached hydrogen (secondary N) is 1. The molecule has 1 N–H and O–H groups in total. The number of nitrogens with zero attached hydrogens (tertiary/aromatic N) is 3. The van der Waals surface area contributed by atoms with E-state index in [1.54, 1.807) is 18.7 Å². The first-order valence-corrected chi connectivity index (χ1v) is 6.09. The molecule has 0 saturated carbocycles. The summed E-state index contributed by atoms with van der Waals surface area (Å²) in [7, 11) is 3.30. The SMILES string of the molecule is COc1ccccc1[C@H](C)Nc1c([N+](=O)[O-])ncn1C. The molecule has 2 aromatic rings. The monoisotopic (exact) mass is 276 g/mol. The molecule has 0 amide bonds. The Balaban J connectivity index is 2.30. The van der Waals surface area contributed by atoms with Gasteiger partial charge in [0.05, 0.1) is 13.2 Å². The lowest BCUT2D eigenvalue weighted by molar-refractivity contribution is -0.388. The topological polar surface area (TPSA) is 82.2 Å². The zero-order chi connectivity index (χ0) is 14.7. The molecule has 2 rings (SSSR count). The lowest BCUT2D eigenvalue weighted by Crippen LogP contribution is -2.11. The van der Waals surface area contributed by atoms with Gasteiger partial charge >= 0.3 is 5.82 Å². The third kappa shape index (κ3) is 2.56. The average Bonchev–Trinajstić information content (AvgIpc) is 2.80. The molecule has 1 heterocycles. The number of anilines is 1. The normalized spacial score (nSPS) is 11.9. The van der Waals surface area contributed by atoms with E-state index in [4.69, 9.17) is 4.74 Å². The first-order chi connectivity index (χ1) is 9.54. The minimum Gasteiger partial charge on any atom is -0.496 e. The van der Waals surface area contributed by atoms with Gasteiger partial charge in [-0.15, -0.1) is 0 Å². The molecule has 0 saturated heterocycles. The first kappa shape index (κ1) is 13.9. The van der Waals surface area contributed by atoms with Crippen molar-refractivity contribution in [2.75, 3.05) is 12.4 Å². The number of rotatable bonds is 5. The highest BCUT2D eigenvalue weighted by molar-refractivity contribution is 5.54. The van der Waals surface area contributed by atoms with E-state index in [0.29, 0.717) is 5.82 Å². The molecule has 1 aromatic heterocycles. The van der Waals surface area contributed by atoms with Crippen LogP contribution in [-0.2, 0) is 7.05 Å². The Kier molecular flexibility index (Phi) is 3.88. The standard InChI is InChI=1S/C13H16N4O3/c1-9(10-6-4-5-7-11(10)20-3)15-13-12(17(18)19)14-8-16(13)2/h4-9,15H,1-3H3/t9-/m0/s1. The van der Waals surface area contributed by atoms with Gasteiger partial charge in [-0.25, -0.2) is 0 Å². The Labute approximate surface area is 116 Å². The van der Waals surface area contributed by atoms with Crippen molar-refractivity contribution in [3.63, 3.8) is 0 Å². The molecule has 0 fully saturated rings. The van der Waals surface area contributed by atoms with Crippen LogP contribution in [0.15, 0.2) is 30.6 Å². The van der Waals surface area contributed by atoms with E-state index in [1.807, 2.05) is 31.2 Å². The van der Waals surface area contributed by atoms with E-state index in [2.05, 4.69) is 10.3 Å². The maximum absolute atomic E-state index is 10.9. The number of hydrogen-bond donors (Lipinski definition) is 1. The van der Waals surface area contributed by atoms with Crippen molar-refractivity contribution in [3.05, 3.63) is 46.3 Å². The van der Waals surface area contributed by atoms with Gasteiger partial charge in [-0.05, 0) is 22.9 Å². The number of para-hydroxylation sites is 1. The molecule has 20 heavy (non-hydrogen) atoms. The van der Waals surface area contributed by atoms with Crippen LogP contribution >= 0.6 is 0 Å². The molecule has 106 valence electrons. The van der Waals surface area contributed by atoms with E-state index in [0.717, 1.165) is 11.3 Å². The Bertz CT molecular complexity index is 624. The van der Waals surface area contributed by atoms with Crippen molar-refractivity contribution in [2.24, 2.45) is 7.05 Å². The van der Waals surface area contributed by atoms with E-state index in [9.17, 15) is 10.1 Å². The second-order valence-corrected chi connectivity index (χ2v) is 4.39. The summed E-state index contributed by atoms with van der Waals surface area (Å²) in [5.74, 6) is 0.917. The Hall–Kier alpha value is -2.57. The number of aromatic nitrogens is 2. The molecule has 0 spiro atoms. The summed E-state index contributed by atoms with van der Waals surface area (Å²) in [5.41, 5.74) is 0.922. The molecule has 7 heteroatoms. The Morgan fingerprint density at radius 3 is 2.80 bits per heavy atom. The zero-order valence-corrected chi connectivity index (χ0v) is 11.5. The Morgan fingerprint density at radius 2 is 2.15 bits per heavy atom. The third-order valence-corrected chi connectivity index (χ3v) is 3.05. The number of benzene rings is 1. The van der Waals surface area contributed by atoms with Crippen LogP contribution in [0.5, 0.6) is 5.75 Å². The lowest BCUT2D eigenvalue weighted by Gasteiger charge is -2.17. The predicted molar refractivity (Wildman–Crippen MR) is 74.9 cm³/mol. The van der Waals surface area contributed by atoms with Crippen LogP contribution in [-0.4, -0.2) is 21.6 Å². The fraction of sp³-hybridized carbons (Fsp3) is 0.308. The first-order valence-electron chi connectivity index (χ1n) is 6.09. The van der Waals surface area contributed by atoms with E-state index < -0.39 is 4.92 Å². The van der Waals surface area contributed by atoms with Gasteiger partial charge in [0.2, 0.25) is 12.1 Å². The van der Waals surface area contributed by atoms with Crippen molar-refractivity contribution < 1.29 is 9.66 Å². The fourth-order valence-electron chi connectivity index (χ4n) is 2.02. The summed E-state index contributed by atoms with van der Waals surface area (Å²) in [6.45, 7) is 1.91. The molecule has 0 bridgehead atoms. The van der Waals surface area contributed by atoms with Gasteiger partial charge in [-0.1, -0.05) is 18.2 Å². The molecular weight excluding hydrogens is 260 g/mol. The number of ether oxygens (including phenoxy) is 1. The molecule has 0 aliphatic rings. The molecule has 1 atom stereocenters. The van der Waals surface area contributed by atoms with Gasteiger partial charge in [0, 0.05) is 12.6 Å². The highest BCUT2D eigenvalue weighted by Crippen LogP contribution is 2.30. The summed E-state index contributed by atoms with van der Waals surface area (Å²) in [6, 6.07) is 7.39. The van der Waals surface area contributed by atoms with Crippen LogP contribution in [0.1, 0.15) is 18.5 Å². The van der Waals surface area contributed by atoms with Crippen molar-refractivity contribution >= 4 is 11.6 Å². The van der Waals surface area contributed by atoms with Crippen LogP contribution < -0.4 is 10.1 Å². The summed E-state index contributed by atoms with van der Waals surface area (Å²) >= 11 is 0. The van der Waals surface area contributed by atoms with E-state index in [-0.39, 0.29) is 11.9 Å². The maximum atomic E-state index is 10.9. The second kappa shape index (κ2) is 5.60. The van der Waals surface area contributed by atoms with Crippen LogP contribution in [0.3, 0.4) is 0 Å². The highest BCUT2D eigenvalue weighted by Gasteiger charge is 2.22. The van der Waals surface area contributed by atoms with Gasteiger partial charge in [0.1, 0.15) is 5.75 Å². The predicted octanol–water partition coefficient (Wildman–Crippen LogP) is 2.51. The number of imidazole rings is 1. The van der Waals surface area contributed by atoms with Crippen molar-refractivity contribution in [2.45, 2.75) is 13.0 Å². The van der Waals surface area contributed by atoms with Gasteiger partial charge in [-0.3, -0.25) is 4.57 Å². The molecular formula is C13H16N4O3. The van der Waals surface area contributed by atoms with Gasteiger partial charge < -0.3 is 20.2 Å². The lowest BCUT2D eigenvalue weighted by atomic mass is 10.1. The minimum absolute atomic E-state index is 0.153. The summed E-state index contributed by atoms with van der Waals surface area (Å²) in [6.07, 6.45) is 1.41. The fourth-order valence-corrected chi connectivity index (χ4v) is 2.02. The van der Waals surface area contributed by atoms with Gasteiger partial charge in [0.25, 0.3) is 0 Å². The molecule has 0 unspecified atom stereocenters. The number of hydrogen-bond acceptors (Lipinski definition) is 5. The van der Waals surface area contributed by atoms with Gasteiger partial charge in [-0.2, -0.15) is 0 Å². The van der Waals surface area contributed by atoms with Crippen LogP contribution in [0.25, 0.3) is 0 Å². The van der Waals surface area contributed by atoms with Crippen LogP contribution in [0.4, 0.5) is 11.6 Å². The van der Waals surface area contributed by atoms with Crippen molar-refractivity contribution in [1.82, 2.24) is 9.55 Å². The summed E-state index contributed by atoms with van der Waals surface area (Å²) in [4.78, 5) is 14.2. The molecule has 0 aliphatic heterocycles. The number of aryl methyl sites for hydroxylation is 1. The minimum atomic E-state index is -0.503. The van der Waals surface area contributed by atoms with E-state index >= 15 is 0 Å². The smallest absolute Gasteiger partial charge is 0.406 e. The van der Waals surface area contributed by atoms with Crippen molar-refractivity contribution in [1.29, 1.82) is 0 Å². The second-order valence-electron chi connectivity index (χ2n) is 4.39. The van der Waals surface area contributed by atoms with E-state index in [1.165, 1.54) is 6.33 Å².